The number of carboxylic acid groups (broad SMARTS) is 1. The molecule has 5 nitrogen and oxygen atoms in total. The third-order valence-electron chi connectivity index (χ3n) is 3.28. The number of amides is 1. The number of nitrogens with two attached hydrogens (primary N) is 1. The minimum absolute atomic E-state index is 0.366. The van der Waals surface area contributed by atoms with Gasteiger partial charge in [-0.3, -0.25) is 9.59 Å². The third-order valence-corrected chi connectivity index (χ3v) is 3.28. The zero-order chi connectivity index (χ0) is 15.9. The van der Waals surface area contributed by atoms with Gasteiger partial charge in [-0.05, 0) is 11.1 Å². The summed E-state index contributed by atoms with van der Waals surface area (Å²) in [6, 6.07) is 17.5. The lowest BCUT2D eigenvalue weighted by Crippen LogP contribution is -2.43. The Kier molecular flexibility index (Phi) is 5.27. The molecule has 0 aliphatic rings. The first kappa shape index (κ1) is 15.7. The van der Waals surface area contributed by atoms with Crippen molar-refractivity contribution in [3.05, 3.63) is 71.8 Å². The molecule has 0 aliphatic carbocycles. The molecule has 22 heavy (non-hydrogen) atoms. The Hall–Kier alpha value is -2.66. The van der Waals surface area contributed by atoms with Gasteiger partial charge in [0.25, 0.3) is 0 Å². The van der Waals surface area contributed by atoms with E-state index < -0.39 is 24.3 Å². The first-order valence-electron chi connectivity index (χ1n) is 6.95. The van der Waals surface area contributed by atoms with Crippen LogP contribution >= 0.6 is 0 Å². The SMILES string of the molecule is N[C@@H](CC(=O)O)C(=O)NC(c1ccccc1)c1ccccc1. The second kappa shape index (κ2) is 7.38. The minimum Gasteiger partial charge on any atom is -0.481 e. The molecule has 2 rings (SSSR count). The number of benzene rings is 2. The zero-order valence-electron chi connectivity index (χ0n) is 12.0. The molecular formula is C17H18N2O3. The largest absolute Gasteiger partial charge is 0.481 e. The van der Waals surface area contributed by atoms with Crippen LogP contribution in [-0.2, 0) is 9.59 Å². The maximum atomic E-state index is 12.1. The predicted molar refractivity (Wildman–Crippen MR) is 83.1 cm³/mol. The summed E-state index contributed by atoms with van der Waals surface area (Å²) in [5, 5.41) is 11.6. The molecule has 0 fully saturated rings. The Morgan fingerprint density at radius 1 is 0.955 bits per heavy atom. The van der Waals surface area contributed by atoms with Crippen molar-refractivity contribution >= 4 is 11.9 Å². The Labute approximate surface area is 128 Å². The number of nitrogens with one attached hydrogen (secondary N) is 1. The van der Waals surface area contributed by atoms with Crippen LogP contribution < -0.4 is 11.1 Å². The van der Waals surface area contributed by atoms with E-state index in [0.717, 1.165) is 11.1 Å². The lowest BCUT2D eigenvalue weighted by Gasteiger charge is -2.21. The number of hydrogen-bond donors (Lipinski definition) is 3. The molecule has 114 valence electrons. The van der Waals surface area contributed by atoms with E-state index in [2.05, 4.69) is 5.32 Å². The summed E-state index contributed by atoms with van der Waals surface area (Å²) in [6.07, 6.45) is -0.401. The molecule has 1 atom stereocenters. The minimum atomic E-state index is -1.10. The number of rotatable bonds is 6. The van der Waals surface area contributed by atoms with Crippen molar-refractivity contribution in [3.8, 4) is 0 Å². The second-order valence-electron chi connectivity index (χ2n) is 4.97. The van der Waals surface area contributed by atoms with Crippen LogP contribution in [-0.4, -0.2) is 23.0 Å². The zero-order valence-corrected chi connectivity index (χ0v) is 12.0. The highest BCUT2D eigenvalue weighted by atomic mass is 16.4. The van der Waals surface area contributed by atoms with Gasteiger partial charge in [0.1, 0.15) is 0 Å². The van der Waals surface area contributed by atoms with Crippen molar-refractivity contribution in [1.82, 2.24) is 5.32 Å². The van der Waals surface area contributed by atoms with Crippen molar-refractivity contribution in [2.75, 3.05) is 0 Å². The molecule has 0 bridgehead atoms. The maximum Gasteiger partial charge on any atom is 0.305 e. The molecule has 1 amide bonds. The monoisotopic (exact) mass is 298 g/mol. The molecule has 2 aromatic rings. The number of carboxylic acids is 1. The van der Waals surface area contributed by atoms with Crippen LogP contribution in [0.3, 0.4) is 0 Å². The summed E-state index contributed by atoms with van der Waals surface area (Å²) in [5.41, 5.74) is 7.44. The van der Waals surface area contributed by atoms with Crippen LogP contribution in [0.4, 0.5) is 0 Å². The Morgan fingerprint density at radius 3 is 1.82 bits per heavy atom. The lowest BCUT2D eigenvalue weighted by atomic mass is 9.98. The smallest absolute Gasteiger partial charge is 0.305 e. The third kappa shape index (κ3) is 4.17. The van der Waals surface area contributed by atoms with Gasteiger partial charge in [0.05, 0.1) is 18.5 Å². The number of carbonyl (C=O) groups excluding carboxylic acids is 1. The van der Waals surface area contributed by atoms with Crippen LogP contribution in [0.1, 0.15) is 23.6 Å². The summed E-state index contributed by atoms with van der Waals surface area (Å²) >= 11 is 0. The summed E-state index contributed by atoms with van der Waals surface area (Å²) < 4.78 is 0. The summed E-state index contributed by atoms with van der Waals surface area (Å²) in [4.78, 5) is 22.8. The van der Waals surface area contributed by atoms with Gasteiger partial charge in [-0.15, -0.1) is 0 Å². The molecule has 5 heteroatoms. The van der Waals surface area contributed by atoms with E-state index in [9.17, 15) is 9.59 Å². The van der Waals surface area contributed by atoms with E-state index in [1.807, 2.05) is 60.7 Å². The van der Waals surface area contributed by atoms with Crippen LogP contribution in [0.15, 0.2) is 60.7 Å². The number of hydrogen-bond acceptors (Lipinski definition) is 3. The average Bonchev–Trinajstić information content (AvgIpc) is 2.53. The molecule has 0 saturated heterocycles. The Bertz CT molecular complexity index is 589. The molecule has 0 unspecified atom stereocenters. The van der Waals surface area contributed by atoms with Crippen LogP contribution in [0.25, 0.3) is 0 Å². The first-order chi connectivity index (χ1) is 10.6. The summed E-state index contributed by atoms with van der Waals surface area (Å²) in [7, 11) is 0. The van der Waals surface area contributed by atoms with Gasteiger partial charge in [0, 0.05) is 0 Å². The molecule has 0 aliphatic heterocycles. The van der Waals surface area contributed by atoms with Crippen molar-refractivity contribution in [1.29, 1.82) is 0 Å². The number of carbonyl (C=O) groups is 2. The highest BCUT2D eigenvalue weighted by molar-refractivity contribution is 5.86. The van der Waals surface area contributed by atoms with Gasteiger partial charge in [-0.1, -0.05) is 60.7 Å². The fraction of sp³-hybridized carbons (Fsp3) is 0.176. The number of aliphatic carboxylic acids is 1. The summed E-state index contributed by atoms with van der Waals surface area (Å²) in [5.74, 6) is -1.58. The van der Waals surface area contributed by atoms with Crippen LogP contribution in [0.2, 0.25) is 0 Å². The van der Waals surface area contributed by atoms with Crippen LogP contribution in [0.5, 0.6) is 0 Å². The standard InChI is InChI=1S/C17H18N2O3/c18-14(11-15(20)21)17(22)19-16(12-7-3-1-4-8-12)13-9-5-2-6-10-13/h1-10,14,16H,11,18H2,(H,19,22)(H,20,21)/t14-/m0/s1. The highest BCUT2D eigenvalue weighted by Gasteiger charge is 2.22. The normalized spacial score (nSPS) is 11.9. The quantitative estimate of drug-likeness (QED) is 0.756. The van der Waals surface area contributed by atoms with Gasteiger partial charge in [0.2, 0.25) is 5.91 Å². The van der Waals surface area contributed by atoms with Gasteiger partial charge >= 0.3 is 5.97 Å². The molecule has 0 saturated carbocycles. The first-order valence-corrected chi connectivity index (χ1v) is 6.95. The van der Waals surface area contributed by atoms with Crippen molar-refractivity contribution in [2.45, 2.75) is 18.5 Å². The van der Waals surface area contributed by atoms with E-state index in [0.29, 0.717) is 0 Å². The van der Waals surface area contributed by atoms with E-state index in [-0.39, 0.29) is 6.04 Å². The van der Waals surface area contributed by atoms with Crippen LogP contribution in [0, 0.1) is 0 Å². The molecular weight excluding hydrogens is 280 g/mol. The van der Waals surface area contributed by atoms with Gasteiger partial charge in [-0.25, -0.2) is 0 Å². The van der Waals surface area contributed by atoms with Gasteiger partial charge < -0.3 is 16.2 Å². The average molecular weight is 298 g/mol. The maximum absolute atomic E-state index is 12.1. The van der Waals surface area contributed by atoms with Crippen molar-refractivity contribution in [3.63, 3.8) is 0 Å². The van der Waals surface area contributed by atoms with Gasteiger partial charge in [-0.2, -0.15) is 0 Å². The highest BCUT2D eigenvalue weighted by Crippen LogP contribution is 2.21. The van der Waals surface area contributed by atoms with E-state index >= 15 is 0 Å². The molecule has 0 aromatic heterocycles. The van der Waals surface area contributed by atoms with Crippen molar-refractivity contribution in [2.24, 2.45) is 5.73 Å². The van der Waals surface area contributed by atoms with Crippen molar-refractivity contribution < 1.29 is 14.7 Å². The molecule has 2 aromatic carbocycles. The topological polar surface area (TPSA) is 92.4 Å². The van der Waals surface area contributed by atoms with Gasteiger partial charge in [0.15, 0.2) is 0 Å². The lowest BCUT2D eigenvalue weighted by molar-refractivity contribution is -0.139. The van der Waals surface area contributed by atoms with E-state index in [1.54, 1.807) is 0 Å². The fourth-order valence-corrected chi connectivity index (χ4v) is 2.18. The summed E-state index contributed by atoms with van der Waals surface area (Å²) in [6.45, 7) is 0. The fourth-order valence-electron chi connectivity index (χ4n) is 2.18. The second-order valence-corrected chi connectivity index (χ2v) is 4.97. The van der Waals surface area contributed by atoms with E-state index in [1.165, 1.54) is 0 Å². The molecule has 0 spiro atoms. The Balaban J connectivity index is 2.23. The molecule has 0 heterocycles. The Morgan fingerprint density at radius 2 is 1.41 bits per heavy atom. The predicted octanol–water partition coefficient (Wildman–Crippen LogP) is 1.69. The molecule has 0 radical (unpaired) electrons. The molecule has 4 N–H and O–H groups in total. The van der Waals surface area contributed by atoms with E-state index in [4.69, 9.17) is 10.8 Å².